The molecule has 0 radical (unpaired) electrons. The first-order valence-electron chi connectivity index (χ1n) is 11.4. The van der Waals surface area contributed by atoms with E-state index in [0.717, 1.165) is 67.5 Å². The van der Waals surface area contributed by atoms with Gasteiger partial charge in [-0.15, -0.1) is 0 Å². The van der Waals surface area contributed by atoms with Crippen LogP contribution in [0.4, 0.5) is 11.6 Å². The van der Waals surface area contributed by atoms with Crippen LogP contribution in [0.2, 0.25) is 0 Å². The van der Waals surface area contributed by atoms with Crippen LogP contribution in [0.15, 0.2) is 30.7 Å². The molecule has 0 amide bonds. The number of fused-ring (bicyclic) bond motifs is 4. The van der Waals surface area contributed by atoms with Crippen LogP contribution >= 0.6 is 0 Å². The second-order valence-electron chi connectivity index (χ2n) is 8.91. The Morgan fingerprint density at radius 3 is 2.87 bits per heavy atom. The lowest BCUT2D eigenvalue weighted by Gasteiger charge is -2.46. The zero-order valence-electron chi connectivity index (χ0n) is 17.7. The van der Waals surface area contributed by atoms with E-state index in [9.17, 15) is 0 Å². The molecule has 4 aliphatic rings. The predicted molar refractivity (Wildman–Crippen MR) is 120 cm³/mol. The van der Waals surface area contributed by atoms with E-state index in [2.05, 4.69) is 54.9 Å². The fourth-order valence-electron chi connectivity index (χ4n) is 5.34. The van der Waals surface area contributed by atoms with Crippen molar-refractivity contribution in [2.24, 2.45) is 0 Å². The zero-order chi connectivity index (χ0) is 20.6. The molecule has 4 aliphatic heterocycles. The quantitative estimate of drug-likeness (QED) is 0.586. The van der Waals surface area contributed by atoms with Gasteiger partial charge < -0.3 is 25.3 Å². The number of pyridine rings is 1. The molecule has 7 heterocycles. The van der Waals surface area contributed by atoms with Gasteiger partial charge in [0, 0.05) is 44.6 Å². The Balaban J connectivity index is 1.23. The smallest absolute Gasteiger partial charge is 0.143 e. The summed E-state index contributed by atoms with van der Waals surface area (Å²) in [7, 11) is 0. The molecule has 2 unspecified atom stereocenters. The van der Waals surface area contributed by atoms with Gasteiger partial charge in [0.1, 0.15) is 23.6 Å². The summed E-state index contributed by atoms with van der Waals surface area (Å²) in [5.41, 5.74) is 3.21. The van der Waals surface area contributed by atoms with Gasteiger partial charge in [-0.25, -0.2) is 15.0 Å². The molecule has 3 N–H and O–H groups in total. The number of H-pyrrole nitrogens is 1. The molecule has 4 saturated heterocycles. The van der Waals surface area contributed by atoms with Gasteiger partial charge in [-0.2, -0.15) is 0 Å². The Bertz CT molecular complexity index is 1050. The van der Waals surface area contributed by atoms with Crippen molar-refractivity contribution >= 4 is 22.7 Å². The number of ether oxygens (including phenoxy) is 1. The lowest BCUT2D eigenvalue weighted by Crippen LogP contribution is -2.61. The minimum atomic E-state index is 0.485. The molecule has 0 aromatic carbocycles. The van der Waals surface area contributed by atoms with Crippen molar-refractivity contribution in [1.29, 1.82) is 0 Å². The van der Waals surface area contributed by atoms with Gasteiger partial charge in [0.25, 0.3) is 0 Å². The topological polar surface area (TPSA) is 91.0 Å². The van der Waals surface area contributed by atoms with Gasteiger partial charge in [-0.3, -0.25) is 0 Å². The van der Waals surface area contributed by atoms with E-state index in [1.54, 1.807) is 6.33 Å². The Labute approximate surface area is 181 Å². The number of nitrogens with zero attached hydrogens (tertiary/aromatic N) is 4. The van der Waals surface area contributed by atoms with Gasteiger partial charge in [0.15, 0.2) is 0 Å². The van der Waals surface area contributed by atoms with Crippen LogP contribution in [0.25, 0.3) is 11.0 Å². The minimum Gasteiger partial charge on any atom is -0.381 e. The third kappa shape index (κ3) is 3.64. The molecule has 0 spiro atoms. The maximum absolute atomic E-state index is 5.55. The lowest BCUT2D eigenvalue weighted by atomic mass is 9.92. The minimum absolute atomic E-state index is 0.485. The maximum atomic E-state index is 5.55. The fourth-order valence-corrected chi connectivity index (χ4v) is 5.34. The van der Waals surface area contributed by atoms with Crippen molar-refractivity contribution in [1.82, 2.24) is 25.3 Å². The number of hydrogen-bond donors (Lipinski definition) is 3. The monoisotopic (exact) mass is 419 g/mol. The lowest BCUT2D eigenvalue weighted by molar-refractivity contribution is 0.0856. The maximum Gasteiger partial charge on any atom is 0.143 e. The molecule has 3 aromatic heterocycles. The van der Waals surface area contributed by atoms with Crippen LogP contribution in [0, 0.1) is 0 Å². The Hall–Kier alpha value is -2.71. The third-order valence-corrected chi connectivity index (χ3v) is 7.03. The van der Waals surface area contributed by atoms with Crippen molar-refractivity contribution in [3.63, 3.8) is 0 Å². The summed E-state index contributed by atoms with van der Waals surface area (Å²) in [5.74, 6) is 2.45. The molecular weight excluding hydrogens is 390 g/mol. The van der Waals surface area contributed by atoms with Crippen molar-refractivity contribution in [3.8, 4) is 0 Å². The highest BCUT2D eigenvalue weighted by molar-refractivity contribution is 5.90. The SMILES string of the molecule is c1cc(CNc2ncnc3[nH]cc(C4CCOCC4)c23)nc(N2CC3CCC2CN3)c1. The largest absolute Gasteiger partial charge is 0.381 e. The summed E-state index contributed by atoms with van der Waals surface area (Å²) < 4.78 is 5.55. The van der Waals surface area contributed by atoms with Crippen LogP contribution in [0.3, 0.4) is 0 Å². The third-order valence-electron chi connectivity index (χ3n) is 7.03. The number of anilines is 2. The summed E-state index contributed by atoms with van der Waals surface area (Å²) in [6.45, 7) is 4.39. The zero-order valence-corrected chi connectivity index (χ0v) is 17.7. The number of aromatic amines is 1. The first-order chi connectivity index (χ1) is 15.3. The van der Waals surface area contributed by atoms with E-state index in [0.29, 0.717) is 24.5 Å². The van der Waals surface area contributed by atoms with Crippen LogP contribution in [-0.4, -0.2) is 58.3 Å². The van der Waals surface area contributed by atoms with Gasteiger partial charge in [-0.05, 0) is 49.3 Å². The Kier molecular flexibility index (Phi) is 4.96. The molecule has 4 fully saturated rings. The molecule has 31 heavy (non-hydrogen) atoms. The van der Waals surface area contributed by atoms with Gasteiger partial charge in [0.05, 0.1) is 17.6 Å². The average Bonchev–Trinajstić information content (AvgIpc) is 3.29. The Morgan fingerprint density at radius 1 is 1.13 bits per heavy atom. The molecule has 8 heteroatoms. The normalized spacial score (nSPS) is 24.1. The number of nitrogens with one attached hydrogen (secondary N) is 3. The Morgan fingerprint density at radius 2 is 2.06 bits per heavy atom. The highest BCUT2D eigenvalue weighted by Crippen LogP contribution is 2.35. The molecular formula is C23H29N7O. The molecule has 3 aromatic rings. The van der Waals surface area contributed by atoms with Crippen LogP contribution in [0.5, 0.6) is 0 Å². The highest BCUT2D eigenvalue weighted by atomic mass is 16.5. The molecule has 2 bridgehead atoms. The summed E-state index contributed by atoms with van der Waals surface area (Å²) in [6.07, 6.45) is 8.33. The van der Waals surface area contributed by atoms with E-state index < -0.39 is 0 Å². The molecule has 2 atom stereocenters. The van der Waals surface area contributed by atoms with Gasteiger partial charge in [-0.1, -0.05) is 6.07 Å². The van der Waals surface area contributed by atoms with Crippen molar-refractivity contribution in [2.45, 2.75) is 50.2 Å². The fraction of sp³-hybridized carbons (Fsp3) is 0.522. The van der Waals surface area contributed by atoms with Crippen molar-refractivity contribution < 1.29 is 4.74 Å². The van der Waals surface area contributed by atoms with E-state index >= 15 is 0 Å². The van der Waals surface area contributed by atoms with Gasteiger partial charge in [0.2, 0.25) is 0 Å². The van der Waals surface area contributed by atoms with Crippen LogP contribution < -0.4 is 15.5 Å². The van der Waals surface area contributed by atoms with Crippen molar-refractivity contribution in [2.75, 3.05) is 36.5 Å². The number of aromatic nitrogens is 4. The first kappa shape index (κ1) is 19.0. The second kappa shape index (κ2) is 8.09. The predicted octanol–water partition coefficient (Wildman–Crippen LogP) is 2.80. The van der Waals surface area contributed by atoms with Crippen molar-refractivity contribution in [3.05, 3.63) is 42.0 Å². The van der Waals surface area contributed by atoms with Crippen LogP contribution in [0.1, 0.15) is 42.9 Å². The summed E-state index contributed by atoms with van der Waals surface area (Å²) in [6, 6.07) is 7.51. The molecule has 7 rings (SSSR count). The van der Waals surface area contributed by atoms with E-state index in [1.165, 1.54) is 18.4 Å². The number of piperidine rings is 2. The van der Waals surface area contributed by atoms with E-state index in [4.69, 9.17) is 9.72 Å². The number of hydrogen-bond acceptors (Lipinski definition) is 7. The summed E-state index contributed by atoms with van der Waals surface area (Å²) >= 11 is 0. The molecule has 8 nitrogen and oxygen atoms in total. The molecule has 162 valence electrons. The standard InChI is InChI=1S/C23H29N7O/c1-2-16(29-20(3-1)30-13-17-4-5-18(30)11-24-17)10-25-22-21-19(15-6-8-31-9-7-15)12-26-23(21)28-14-27-22/h1-3,12,14-15,17-18,24H,4-11,13H2,(H2,25,26,27,28). The van der Waals surface area contributed by atoms with Gasteiger partial charge >= 0.3 is 0 Å². The number of piperazine rings is 1. The first-order valence-corrected chi connectivity index (χ1v) is 11.4. The highest BCUT2D eigenvalue weighted by Gasteiger charge is 2.34. The van der Waals surface area contributed by atoms with Crippen LogP contribution in [-0.2, 0) is 11.3 Å². The molecule has 0 saturated carbocycles. The average molecular weight is 420 g/mol. The van der Waals surface area contributed by atoms with E-state index in [-0.39, 0.29) is 0 Å². The number of rotatable bonds is 5. The second-order valence-corrected chi connectivity index (χ2v) is 8.91. The molecule has 0 aliphatic carbocycles. The summed E-state index contributed by atoms with van der Waals surface area (Å²) in [4.78, 5) is 19.8. The van der Waals surface area contributed by atoms with E-state index in [1.807, 2.05) is 0 Å². The summed E-state index contributed by atoms with van der Waals surface area (Å²) in [5, 5.41) is 8.26.